The number of amides is 3. The van der Waals surface area contributed by atoms with E-state index in [1.165, 1.54) is 17.9 Å². The number of benzene rings is 1. The van der Waals surface area contributed by atoms with E-state index < -0.39 is 18.0 Å². The van der Waals surface area contributed by atoms with Gasteiger partial charge in [-0.3, -0.25) is 14.5 Å². The summed E-state index contributed by atoms with van der Waals surface area (Å²) in [5, 5.41) is 4.57. The fraction of sp³-hybridized carbons (Fsp3) is 0.409. The first-order chi connectivity index (χ1) is 15.4. The number of hydrogen-bond donors (Lipinski definition) is 1. The van der Waals surface area contributed by atoms with Gasteiger partial charge in [0.25, 0.3) is 0 Å². The minimum absolute atomic E-state index is 0.0873. The Morgan fingerprint density at radius 1 is 1.22 bits per heavy atom. The van der Waals surface area contributed by atoms with Gasteiger partial charge in [-0.25, -0.2) is 9.18 Å². The average Bonchev–Trinajstić information content (AvgIpc) is 3.41. The lowest BCUT2D eigenvalue weighted by atomic mass is 10.2. The van der Waals surface area contributed by atoms with Crippen LogP contribution in [-0.2, 0) is 20.7 Å². The zero-order chi connectivity index (χ0) is 22.7. The molecular formula is C22H25FN4O4S. The van der Waals surface area contributed by atoms with Crippen molar-refractivity contribution in [3.05, 3.63) is 46.4 Å². The fourth-order valence-electron chi connectivity index (χ4n) is 3.89. The van der Waals surface area contributed by atoms with Crippen LogP contribution in [0.2, 0.25) is 0 Å². The predicted octanol–water partition coefficient (Wildman–Crippen LogP) is 2.24. The van der Waals surface area contributed by atoms with E-state index in [0.29, 0.717) is 44.0 Å². The number of piperazine rings is 1. The molecule has 2 aliphatic heterocycles. The standard InChI is InChI=1S/C22H25FN4O4S/c1-15(28)24-13-17-14-27(22(30)31-17)16-4-5-20(19(23)11-16)25-6-8-26(9-7-25)21(29)12-18-3-2-10-32-18/h2-5,10-11,17H,6-9,12-14H2,1H3,(H,24,28). The van der Waals surface area contributed by atoms with E-state index in [-0.39, 0.29) is 24.9 Å². The summed E-state index contributed by atoms with van der Waals surface area (Å²) >= 11 is 1.57. The maximum Gasteiger partial charge on any atom is 0.414 e. The van der Waals surface area contributed by atoms with Gasteiger partial charge in [0, 0.05) is 38.0 Å². The van der Waals surface area contributed by atoms with E-state index in [4.69, 9.17) is 4.74 Å². The third-order valence-corrected chi connectivity index (χ3v) is 6.45. The summed E-state index contributed by atoms with van der Waals surface area (Å²) in [6.07, 6.45) is -0.644. The van der Waals surface area contributed by atoms with Crippen molar-refractivity contribution in [2.75, 3.05) is 49.1 Å². The zero-order valence-corrected chi connectivity index (χ0v) is 18.6. The number of nitrogens with one attached hydrogen (secondary N) is 1. The van der Waals surface area contributed by atoms with Crippen molar-refractivity contribution in [2.24, 2.45) is 0 Å². The van der Waals surface area contributed by atoms with Crippen LogP contribution in [0.5, 0.6) is 0 Å². The largest absolute Gasteiger partial charge is 0.442 e. The number of thiophene rings is 1. The third kappa shape index (κ3) is 5.01. The van der Waals surface area contributed by atoms with Crippen LogP contribution in [0.4, 0.5) is 20.6 Å². The molecule has 1 atom stereocenters. The van der Waals surface area contributed by atoms with Crippen LogP contribution in [0.15, 0.2) is 35.7 Å². The summed E-state index contributed by atoms with van der Waals surface area (Å²) in [5.41, 5.74) is 0.854. The molecule has 0 saturated carbocycles. The van der Waals surface area contributed by atoms with E-state index in [9.17, 15) is 18.8 Å². The quantitative estimate of drug-likeness (QED) is 0.715. The highest BCUT2D eigenvalue weighted by molar-refractivity contribution is 7.10. The summed E-state index contributed by atoms with van der Waals surface area (Å²) in [5.74, 6) is -0.550. The third-order valence-electron chi connectivity index (χ3n) is 5.57. The number of hydrogen-bond acceptors (Lipinski definition) is 6. The molecule has 4 rings (SSSR count). The predicted molar refractivity (Wildman–Crippen MR) is 120 cm³/mol. The Hall–Kier alpha value is -3.14. The summed E-state index contributed by atoms with van der Waals surface area (Å²) in [6, 6.07) is 8.55. The Bertz CT molecular complexity index is 992. The maximum atomic E-state index is 14.9. The molecule has 170 valence electrons. The molecule has 2 saturated heterocycles. The number of halogens is 1. The molecular weight excluding hydrogens is 435 g/mol. The van der Waals surface area contributed by atoms with Crippen molar-refractivity contribution in [1.82, 2.24) is 10.2 Å². The Morgan fingerprint density at radius 3 is 2.66 bits per heavy atom. The van der Waals surface area contributed by atoms with E-state index in [1.54, 1.807) is 23.5 Å². The number of carbonyl (C=O) groups is 3. The van der Waals surface area contributed by atoms with Crippen molar-refractivity contribution in [3.63, 3.8) is 0 Å². The van der Waals surface area contributed by atoms with E-state index >= 15 is 0 Å². The summed E-state index contributed by atoms with van der Waals surface area (Å²) in [6.45, 7) is 4.00. The first-order valence-corrected chi connectivity index (χ1v) is 11.4. The van der Waals surface area contributed by atoms with Gasteiger partial charge >= 0.3 is 6.09 Å². The van der Waals surface area contributed by atoms with Gasteiger partial charge in [-0.2, -0.15) is 0 Å². The van der Waals surface area contributed by atoms with E-state index in [1.807, 2.05) is 27.3 Å². The van der Waals surface area contributed by atoms with E-state index in [0.717, 1.165) is 4.88 Å². The summed E-state index contributed by atoms with van der Waals surface area (Å²) in [4.78, 5) is 41.8. The number of cyclic esters (lactones) is 1. The normalized spacial score (nSPS) is 18.6. The van der Waals surface area contributed by atoms with Gasteiger partial charge in [-0.05, 0) is 29.6 Å². The average molecular weight is 461 g/mol. The first-order valence-electron chi connectivity index (χ1n) is 10.5. The van der Waals surface area contributed by atoms with Gasteiger partial charge in [-0.15, -0.1) is 11.3 Å². The van der Waals surface area contributed by atoms with Crippen LogP contribution in [0.25, 0.3) is 0 Å². The Labute approximate surface area is 189 Å². The number of carbonyl (C=O) groups excluding carboxylic acids is 3. The van der Waals surface area contributed by atoms with Crippen LogP contribution in [-0.4, -0.2) is 68.2 Å². The molecule has 2 aromatic rings. The SMILES string of the molecule is CC(=O)NCC1CN(c2ccc(N3CCN(C(=O)Cc4cccs4)CC3)c(F)c2)C(=O)O1. The molecule has 3 heterocycles. The highest BCUT2D eigenvalue weighted by Gasteiger charge is 2.33. The molecule has 1 N–H and O–H groups in total. The molecule has 0 radical (unpaired) electrons. The number of ether oxygens (including phenoxy) is 1. The molecule has 3 amide bonds. The van der Waals surface area contributed by atoms with Gasteiger partial charge in [0.15, 0.2) is 0 Å². The summed E-state index contributed by atoms with van der Waals surface area (Å²) in [7, 11) is 0. The number of anilines is 2. The summed E-state index contributed by atoms with van der Waals surface area (Å²) < 4.78 is 20.2. The van der Waals surface area contributed by atoms with Crippen LogP contribution in [0, 0.1) is 5.82 Å². The molecule has 1 unspecified atom stereocenters. The van der Waals surface area contributed by atoms with Crippen LogP contribution in [0.1, 0.15) is 11.8 Å². The Morgan fingerprint density at radius 2 is 2.00 bits per heavy atom. The van der Waals surface area contributed by atoms with Crippen LogP contribution >= 0.6 is 11.3 Å². The molecule has 1 aromatic carbocycles. The Balaban J connectivity index is 1.34. The first kappa shape index (κ1) is 22.1. The molecule has 0 bridgehead atoms. The van der Waals surface area contributed by atoms with Crippen LogP contribution < -0.4 is 15.1 Å². The topological polar surface area (TPSA) is 82.2 Å². The highest BCUT2D eigenvalue weighted by Crippen LogP contribution is 2.28. The molecule has 0 spiro atoms. The van der Waals surface area contributed by atoms with Crippen molar-refractivity contribution in [1.29, 1.82) is 0 Å². The smallest absolute Gasteiger partial charge is 0.414 e. The molecule has 2 aliphatic rings. The molecule has 1 aromatic heterocycles. The van der Waals surface area contributed by atoms with Gasteiger partial charge in [-0.1, -0.05) is 6.07 Å². The lowest BCUT2D eigenvalue weighted by molar-refractivity contribution is -0.130. The monoisotopic (exact) mass is 460 g/mol. The second-order valence-corrected chi connectivity index (χ2v) is 8.85. The van der Waals surface area contributed by atoms with Crippen molar-refractivity contribution < 1.29 is 23.5 Å². The number of rotatable bonds is 6. The van der Waals surface area contributed by atoms with Crippen molar-refractivity contribution in [3.8, 4) is 0 Å². The lowest BCUT2D eigenvalue weighted by Gasteiger charge is -2.36. The second kappa shape index (κ2) is 9.56. The fourth-order valence-corrected chi connectivity index (χ4v) is 4.58. The van der Waals surface area contributed by atoms with Gasteiger partial charge in [0.1, 0.15) is 11.9 Å². The maximum absolute atomic E-state index is 14.9. The van der Waals surface area contributed by atoms with Gasteiger partial charge < -0.3 is 19.9 Å². The minimum Gasteiger partial charge on any atom is -0.442 e. The van der Waals surface area contributed by atoms with Crippen molar-refractivity contribution >= 4 is 40.6 Å². The molecule has 8 nitrogen and oxygen atoms in total. The minimum atomic E-state index is -0.564. The molecule has 10 heteroatoms. The zero-order valence-electron chi connectivity index (χ0n) is 17.8. The van der Waals surface area contributed by atoms with Gasteiger partial charge in [0.2, 0.25) is 11.8 Å². The lowest BCUT2D eigenvalue weighted by Crippen LogP contribution is -2.49. The van der Waals surface area contributed by atoms with Gasteiger partial charge in [0.05, 0.1) is 30.9 Å². The highest BCUT2D eigenvalue weighted by atomic mass is 32.1. The Kier molecular flexibility index (Phi) is 6.59. The van der Waals surface area contributed by atoms with E-state index in [2.05, 4.69) is 5.32 Å². The molecule has 0 aliphatic carbocycles. The second-order valence-electron chi connectivity index (χ2n) is 7.81. The van der Waals surface area contributed by atoms with Crippen LogP contribution in [0.3, 0.4) is 0 Å². The number of nitrogens with zero attached hydrogens (tertiary/aromatic N) is 3. The molecule has 2 fully saturated rings. The molecule has 32 heavy (non-hydrogen) atoms. The van der Waals surface area contributed by atoms with Crippen molar-refractivity contribution in [2.45, 2.75) is 19.4 Å².